The van der Waals surface area contributed by atoms with Gasteiger partial charge in [0.15, 0.2) is 0 Å². The van der Waals surface area contributed by atoms with E-state index in [9.17, 15) is 4.39 Å². The lowest BCUT2D eigenvalue weighted by atomic mass is 9.63. The van der Waals surface area contributed by atoms with Gasteiger partial charge in [0.1, 0.15) is 5.82 Å². The molecule has 1 aromatic rings. The van der Waals surface area contributed by atoms with E-state index in [1.165, 1.54) is 25.3 Å². The molecule has 2 aliphatic rings. The SMILES string of the molecule is Fc1ccc(Br)c(N2CC3(CCC3)C2)c1. The van der Waals surface area contributed by atoms with Crippen LogP contribution in [0, 0.1) is 11.2 Å². The van der Waals surface area contributed by atoms with Crippen molar-refractivity contribution < 1.29 is 4.39 Å². The number of rotatable bonds is 1. The number of benzene rings is 1. The van der Waals surface area contributed by atoms with Crippen LogP contribution in [-0.4, -0.2) is 13.1 Å². The molecule has 15 heavy (non-hydrogen) atoms. The maximum absolute atomic E-state index is 13.1. The highest BCUT2D eigenvalue weighted by Crippen LogP contribution is 2.50. The fourth-order valence-corrected chi connectivity index (χ4v) is 3.15. The van der Waals surface area contributed by atoms with E-state index in [1.807, 2.05) is 0 Å². The Labute approximate surface area is 97.4 Å². The Bertz CT molecular complexity index is 393. The van der Waals surface area contributed by atoms with Gasteiger partial charge in [-0.1, -0.05) is 6.42 Å². The van der Waals surface area contributed by atoms with Gasteiger partial charge in [0.2, 0.25) is 0 Å². The summed E-state index contributed by atoms with van der Waals surface area (Å²) in [5, 5.41) is 0. The Morgan fingerprint density at radius 3 is 2.60 bits per heavy atom. The van der Waals surface area contributed by atoms with Crippen molar-refractivity contribution in [3.05, 3.63) is 28.5 Å². The predicted molar refractivity (Wildman–Crippen MR) is 62.6 cm³/mol. The van der Waals surface area contributed by atoms with Crippen LogP contribution in [0.4, 0.5) is 10.1 Å². The summed E-state index contributed by atoms with van der Waals surface area (Å²) in [6, 6.07) is 4.90. The van der Waals surface area contributed by atoms with Gasteiger partial charge in [-0.2, -0.15) is 0 Å². The molecular weight excluding hydrogens is 257 g/mol. The summed E-state index contributed by atoms with van der Waals surface area (Å²) in [7, 11) is 0. The van der Waals surface area contributed by atoms with Crippen LogP contribution in [0.2, 0.25) is 0 Å². The number of halogens is 2. The summed E-state index contributed by atoms with van der Waals surface area (Å²) in [6.45, 7) is 2.21. The maximum atomic E-state index is 13.1. The first-order valence-electron chi connectivity index (χ1n) is 5.39. The molecule has 1 saturated carbocycles. The molecule has 1 spiro atoms. The summed E-state index contributed by atoms with van der Waals surface area (Å²) in [4.78, 5) is 2.27. The molecule has 80 valence electrons. The molecule has 0 aromatic heterocycles. The van der Waals surface area contributed by atoms with Gasteiger partial charge < -0.3 is 4.90 Å². The molecule has 0 amide bonds. The van der Waals surface area contributed by atoms with Gasteiger partial charge in [-0.05, 0) is 47.0 Å². The average molecular weight is 270 g/mol. The summed E-state index contributed by atoms with van der Waals surface area (Å²) in [5.74, 6) is -0.150. The van der Waals surface area contributed by atoms with E-state index in [0.29, 0.717) is 5.41 Å². The first-order chi connectivity index (χ1) is 7.19. The monoisotopic (exact) mass is 269 g/mol. The summed E-state index contributed by atoms with van der Waals surface area (Å²) < 4.78 is 14.1. The molecule has 0 N–H and O–H groups in total. The summed E-state index contributed by atoms with van der Waals surface area (Å²) in [6.07, 6.45) is 4.09. The zero-order valence-corrected chi connectivity index (χ0v) is 10.1. The molecular formula is C12H13BrFN. The lowest BCUT2D eigenvalue weighted by molar-refractivity contribution is 0.0902. The van der Waals surface area contributed by atoms with Gasteiger partial charge >= 0.3 is 0 Å². The minimum atomic E-state index is -0.150. The standard InChI is InChI=1S/C12H13BrFN/c13-10-3-2-9(14)6-11(10)15-7-12(8-15)4-1-5-12/h2-3,6H,1,4-5,7-8H2. The molecule has 1 saturated heterocycles. The number of hydrogen-bond donors (Lipinski definition) is 0. The second kappa shape index (κ2) is 3.21. The normalized spacial score (nSPS) is 22.4. The molecule has 1 aliphatic carbocycles. The largest absolute Gasteiger partial charge is 0.369 e. The third-order valence-electron chi connectivity index (χ3n) is 3.72. The van der Waals surface area contributed by atoms with Crippen LogP contribution in [0.1, 0.15) is 19.3 Å². The van der Waals surface area contributed by atoms with Crippen LogP contribution >= 0.6 is 15.9 Å². The Hall–Kier alpha value is -0.570. The predicted octanol–water partition coefficient (Wildman–Crippen LogP) is 3.58. The zero-order chi connectivity index (χ0) is 10.5. The average Bonchev–Trinajstić information content (AvgIpc) is 2.06. The molecule has 1 aliphatic heterocycles. The smallest absolute Gasteiger partial charge is 0.125 e. The molecule has 1 heterocycles. The highest BCUT2D eigenvalue weighted by Gasteiger charge is 2.47. The topological polar surface area (TPSA) is 3.24 Å². The first kappa shape index (κ1) is 9.64. The van der Waals surface area contributed by atoms with Gasteiger partial charge in [0, 0.05) is 23.0 Å². The quantitative estimate of drug-likeness (QED) is 0.754. The van der Waals surface area contributed by atoms with Gasteiger partial charge in [-0.3, -0.25) is 0 Å². The van der Waals surface area contributed by atoms with Crippen molar-refractivity contribution in [2.75, 3.05) is 18.0 Å². The van der Waals surface area contributed by atoms with Crippen LogP contribution in [0.3, 0.4) is 0 Å². The molecule has 3 rings (SSSR count). The van der Waals surface area contributed by atoms with E-state index in [1.54, 1.807) is 12.1 Å². The fourth-order valence-electron chi connectivity index (χ4n) is 2.65. The van der Waals surface area contributed by atoms with E-state index in [4.69, 9.17) is 0 Å². The third-order valence-corrected chi connectivity index (χ3v) is 4.39. The second-order valence-electron chi connectivity index (χ2n) is 4.81. The molecule has 3 heteroatoms. The van der Waals surface area contributed by atoms with Crippen molar-refractivity contribution in [2.24, 2.45) is 5.41 Å². The van der Waals surface area contributed by atoms with Gasteiger partial charge in [0.05, 0.1) is 5.69 Å². The number of anilines is 1. The zero-order valence-electron chi connectivity index (χ0n) is 8.47. The molecule has 1 aromatic carbocycles. The first-order valence-corrected chi connectivity index (χ1v) is 6.18. The Kier molecular flexibility index (Phi) is 2.06. The lowest BCUT2D eigenvalue weighted by Crippen LogP contribution is -2.60. The van der Waals surface area contributed by atoms with E-state index in [-0.39, 0.29) is 5.82 Å². The number of nitrogens with zero attached hydrogens (tertiary/aromatic N) is 1. The third kappa shape index (κ3) is 1.48. The Balaban J connectivity index is 1.80. The molecule has 1 nitrogen and oxygen atoms in total. The highest BCUT2D eigenvalue weighted by molar-refractivity contribution is 9.10. The molecule has 0 radical (unpaired) electrons. The van der Waals surface area contributed by atoms with Crippen LogP contribution in [0.25, 0.3) is 0 Å². The Morgan fingerprint density at radius 1 is 1.27 bits per heavy atom. The maximum Gasteiger partial charge on any atom is 0.125 e. The molecule has 2 fully saturated rings. The second-order valence-corrected chi connectivity index (χ2v) is 5.66. The van der Waals surface area contributed by atoms with E-state index in [2.05, 4.69) is 20.8 Å². The van der Waals surface area contributed by atoms with E-state index < -0.39 is 0 Å². The van der Waals surface area contributed by atoms with Gasteiger partial charge in [0.25, 0.3) is 0 Å². The summed E-state index contributed by atoms with van der Waals surface area (Å²) in [5.41, 5.74) is 1.60. The van der Waals surface area contributed by atoms with E-state index in [0.717, 1.165) is 23.2 Å². The Morgan fingerprint density at radius 2 is 2.00 bits per heavy atom. The minimum absolute atomic E-state index is 0.150. The van der Waals surface area contributed by atoms with Crippen molar-refractivity contribution in [3.8, 4) is 0 Å². The highest BCUT2D eigenvalue weighted by atomic mass is 79.9. The van der Waals surface area contributed by atoms with Crippen molar-refractivity contribution >= 4 is 21.6 Å². The number of hydrogen-bond acceptors (Lipinski definition) is 1. The van der Waals surface area contributed by atoms with Gasteiger partial charge in [-0.25, -0.2) is 4.39 Å². The lowest BCUT2D eigenvalue weighted by Gasteiger charge is -2.57. The van der Waals surface area contributed by atoms with Crippen molar-refractivity contribution in [3.63, 3.8) is 0 Å². The van der Waals surface area contributed by atoms with Crippen molar-refractivity contribution in [1.82, 2.24) is 0 Å². The van der Waals surface area contributed by atoms with Crippen molar-refractivity contribution in [1.29, 1.82) is 0 Å². The van der Waals surface area contributed by atoms with Crippen LogP contribution in [0.15, 0.2) is 22.7 Å². The van der Waals surface area contributed by atoms with Gasteiger partial charge in [-0.15, -0.1) is 0 Å². The molecule has 0 atom stereocenters. The molecule has 0 unspecified atom stereocenters. The van der Waals surface area contributed by atoms with E-state index >= 15 is 0 Å². The minimum Gasteiger partial charge on any atom is -0.369 e. The van der Waals surface area contributed by atoms with Crippen LogP contribution < -0.4 is 4.90 Å². The fraction of sp³-hybridized carbons (Fsp3) is 0.500. The molecule has 0 bridgehead atoms. The van der Waals surface area contributed by atoms with Crippen LogP contribution in [0.5, 0.6) is 0 Å². The van der Waals surface area contributed by atoms with Crippen molar-refractivity contribution in [2.45, 2.75) is 19.3 Å². The summed E-state index contributed by atoms with van der Waals surface area (Å²) >= 11 is 3.47. The van der Waals surface area contributed by atoms with Crippen LogP contribution in [-0.2, 0) is 0 Å².